The van der Waals surface area contributed by atoms with Gasteiger partial charge < -0.3 is 10.1 Å². The number of amides is 2. The molecule has 134 valence electrons. The lowest BCUT2D eigenvalue weighted by molar-refractivity contribution is 0.252. The van der Waals surface area contributed by atoms with Crippen LogP contribution in [0.2, 0.25) is 0 Å². The van der Waals surface area contributed by atoms with E-state index in [2.05, 4.69) is 15.6 Å². The van der Waals surface area contributed by atoms with Crippen LogP contribution < -0.4 is 15.4 Å². The highest BCUT2D eigenvalue weighted by Crippen LogP contribution is 2.28. The number of carbonyl (C=O) groups excluding carboxylic acids is 1. The standard InChI is InChI=1S/C20H21N3O2S/c1-14-12-16(8-9-18(14)25-2)17-13-26-20(22-17)23-19(24)21-11-10-15-6-4-3-5-7-15/h3-9,12-13H,10-11H2,1-2H3,(H2,21,22,23,24). The zero-order valence-electron chi connectivity index (χ0n) is 14.8. The topological polar surface area (TPSA) is 63.2 Å². The number of benzene rings is 2. The largest absolute Gasteiger partial charge is 0.496 e. The minimum Gasteiger partial charge on any atom is -0.496 e. The van der Waals surface area contributed by atoms with Gasteiger partial charge in [-0.1, -0.05) is 30.3 Å². The summed E-state index contributed by atoms with van der Waals surface area (Å²) in [6.07, 6.45) is 0.794. The number of nitrogens with one attached hydrogen (secondary N) is 2. The zero-order valence-corrected chi connectivity index (χ0v) is 15.6. The summed E-state index contributed by atoms with van der Waals surface area (Å²) in [6.45, 7) is 2.57. The van der Waals surface area contributed by atoms with Crippen molar-refractivity contribution in [2.75, 3.05) is 19.0 Å². The highest BCUT2D eigenvalue weighted by Gasteiger charge is 2.09. The molecular formula is C20H21N3O2S. The maximum absolute atomic E-state index is 12.0. The first-order chi connectivity index (χ1) is 12.7. The van der Waals surface area contributed by atoms with Crippen LogP contribution in [-0.2, 0) is 6.42 Å². The van der Waals surface area contributed by atoms with Crippen molar-refractivity contribution in [2.24, 2.45) is 0 Å². The summed E-state index contributed by atoms with van der Waals surface area (Å²) in [6, 6.07) is 15.7. The van der Waals surface area contributed by atoms with Gasteiger partial charge in [0, 0.05) is 17.5 Å². The van der Waals surface area contributed by atoms with Gasteiger partial charge in [-0.3, -0.25) is 5.32 Å². The van der Waals surface area contributed by atoms with Crippen molar-refractivity contribution in [3.63, 3.8) is 0 Å². The van der Waals surface area contributed by atoms with E-state index in [1.165, 1.54) is 16.9 Å². The normalized spacial score (nSPS) is 10.4. The molecule has 2 aromatic carbocycles. The number of nitrogens with zero attached hydrogens (tertiary/aromatic N) is 1. The van der Waals surface area contributed by atoms with Crippen molar-refractivity contribution in [2.45, 2.75) is 13.3 Å². The van der Waals surface area contributed by atoms with Crippen molar-refractivity contribution in [1.82, 2.24) is 10.3 Å². The van der Waals surface area contributed by atoms with Crippen molar-refractivity contribution >= 4 is 22.5 Å². The Balaban J connectivity index is 1.54. The van der Waals surface area contributed by atoms with Crippen molar-refractivity contribution < 1.29 is 9.53 Å². The molecule has 0 saturated carbocycles. The fourth-order valence-corrected chi connectivity index (χ4v) is 3.32. The first kappa shape index (κ1) is 17.9. The van der Waals surface area contributed by atoms with E-state index in [-0.39, 0.29) is 6.03 Å². The van der Waals surface area contributed by atoms with Crippen LogP contribution in [0.1, 0.15) is 11.1 Å². The molecule has 0 spiro atoms. The van der Waals surface area contributed by atoms with E-state index in [1.807, 2.05) is 60.8 Å². The molecule has 0 unspecified atom stereocenters. The van der Waals surface area contributed by atoms with Gasteiger partial charge in [0.05, 0.1) is 12.8 Å². The molecule has 0 radical (unpaired) electrons. The molecule has 6 heteroatoms. The van der Waals surface area contributed by atoms with Crippen LogP contribution in [0.25, 0.3) is 11.3 Å². The number of ether oxygens (including phenoxy) is 1. The van der Waals surface area contributed by atoms with Crippen molar-refractivity contribution in [3.05, 3.63) is 65.0 Å². The molecule has 1 aromatic heterocycles. The predicted molar refractivity (Wildman–Crippen MR) is 106 cm³/mol. The Kier molecular flexibility index (Phi) is 5.86. The summed E-state index contributed by atoms with van der Waals surface area (Å²) < 4.78 is 5.28. The summed E-state index contributed by atoms with van der Waals surface area (Å²) in [7, 11) is 1.66. The highest BCUT2D eigenvalue weighted by atomic mass is 32.1. The Bertz CT molecular complexity index is 878. The Morgan fingerprint density at radius 3 is 2.73 bits per heavy atom. The maximum Gasteiger partial charge on any atom is 0.321 e. The number of carbonyl (C=O) groups is 1. The summed E-state index contributed by atoms with van der Waals surface area (Å²) in [4.78, 5) is 16.5. The SMILES string of the molecule is COc1ccc(-c2csc(NC(=O)NCCc3ccccc3)n2)cc1C. The van der Waals surface area contributed by atoms with Gasteiger partial charge in [-0.2, -0.15) is 0 Å². The van der Waals surface area contributed by atoms with E-state index in [9.17, 15) is 4.79 Å². The Hall–Kier alpha value is -2.86. The first-order valence-electron chi connectivity index (χ1n) is 8.35. The molecule has 26 heavy (non-hydrogen) atoms. The lowest BCUT2D eigenvalue weighted by Gasteiger charge is -2.06. The Labute approximate surface area is 157 Å². The first-order valence-corrected chi connectivity index (χ1v) is 9.23. The summed E-state index contributed by atoms with van der Waals surface area (Å²) in [5, 5.41) is 8.15. The second-order valence-electron chi connectivity index (χ2n) is 5.84. The molecular weight excluding hydrogens is 346 g/mol. The third-order valence-electron chi connectivity index (χ3n) is 3.96. The second kappa shape index (κ2) is 8.49. The van der Waals surface area contributed by atoms with Gasteiger partial charge >= 0.3 is 6.03 Å². The summed E-state index contributed by atoms with van der Waals surface area (Å²) >= 11 is 1.40. The highest BCUT2D eigenvalue weighted by molar-refractivity contribution is 7.14. The predicted octanol–water partition coefficient (Wildman–Crippen LogP) is 4.49. The quantitative estimate of drug-likeness (QED) is 0.675. The number of aryl methyl sites for hydroxylation is 1. The number of methoxy groups -OCH3 is 1. The van der Waals surface area contributed by atoms with Crippen LogP contribution in [0.4, 0.5) is 9.93 Å². The van der Waals surface area contributed by atoms with Gasteiger partial charge in [-0.15, -0.1) is 11.3 Å². The van der Waals surface area contributed by atoms with Gasteiger partial charge in [-0.25, -0.2) is 9.78 Å². The molecule has 0 aliphatic heterocycles. The van der Waals surface area contributed by atoms with Gasteiger partial charge in [0.15, 0.2) is 5.13 Å². The third-order valence-corrected chi connectivity index (χ3v) is 4.72. The lowest BCUT2D eigenvalue weighted by atomic mass is 10.1. The van der Waals surface area contributed by atoms with Gasteiger partial charge in [0.1, 0.15) is 5.75 Å². The van der Waals surface area contributed by atoms with E-state index in [0.29, 0.717) is 11.7 Å². The lowest BCUT2D eigenvalue weighted by Crippen LogP contribution is -2.30. The van der Waals surface area contributed by atoms with E-state index in [0.717, 1.165) is 29.0 Å². The average molecular weight is 367 g/mol. The molecule has 0 aliphatic carbocycles. The molecule has 0 fully saturated rings. The molecule has 0 atom stereocenters. The number of aromatic nitrogens is 1. The van der Waals surface area contributed by atoms with Crippen molar-refractivity contribution in [3.8, 4) is 17.0 Å². The molecule has 2 N–H and O–H groups in total. The third kappa shape index (κ3) is 4.61. The molecule has 1 heterocycles. The second-order valence-corrected chi connectivity index (χ2v) is 6.70. The van der Waals surface area contributed by atoms with E-state index in [4.69, 9.17) is 4.74 Å². The summed E-state index contributed by atoms with van der Waals surface area (Å²) in [5.41, 5.74) is 4.07. The van der Waals surface area contributed by atoms with Gasteiger partial charge in [0.25, 0.3) is 0 Å². The van der Waals surface area contributed by atoms with E-state index >= 15 is 0 Å². The minimum absolute atomic E-state index is 0.243. The monoisotopic (exact) mass is 367 g/mol. The number of urea groups is 1. The van der Waals surface area contributed by atoms with E-state index < -0.39 is 0 Å². The number of hydrogen-bond donors (Lipinski definition) is 2. The van der Waals surface area contributed by atoms with E-state index in [1.54, 1.807) is 7.11 Å². The molecule has 5 nitrogen and oxygen atoms in total. The number of hydrogen-bond acceptors (Lipinski definition) is 4. The molecule has 3 rings (SSSR count). The Morgan fingerprint density at radius 2 is 2.00 bits per heavy atom. The number of anilines is 1. The maximum atomic E-state index is 12.0. The van der Waals surface area contributed by atoms with Crippen LogP contribution >= 0.6 is 11.3 Å². The molecule has 3 aromatic rings. The van der Waals surface area contributed by atoms with Gasteiger partial charge in [-0.05, 0) is 42.7 Å². The van der Waals surface area contributed by atoms with Crippen LogP contribution in [0.15, 0.2) is 53.9 Å². The molecule has 0 saturated heterocycles. The number of rotatable bonds is 6. The average Bonchev–Trinajstić information content (AvgIpc) is 3.11. The zero-order chi connectivity index (χ0) is 18.4. The van der Waals surface area contributed by atoms with Crippen LogP contribution in [0, 0.1) is 6.92 Å². The van der Waals surface area contributed by atoms with Crippen molar-refractivity contribution in [1.29, 1.82) is 0 Å². The smallest absolute Gasteiger partial charge is 0.321 e. The number of thiazole rings is 1. The molecule has 0 aliphatic rings. The van der Waals surface area contributed by atoms with Crippen LogP contribution in [0.3, 0.4) is 0 Å². The van der Waals surface area contributed by atoms with Crippen LogP contribution in [-0.4, -0.2) is 24.7 Å². The Morgan fingerprint density at radius 1 is 1.19 bits per heavy atom. The van der Waals surface area contributed by atoms with Crippen LogP contribution in [0.5, 0.6) is 5.75 Å². The molecule has 0 bridgehead atoms. The fraction of sp³-hybridized carbons (Fsp3) is 0.200. The fourth-order valence-electron chi connectivity index (χ4n) is 2.61. The molecule has 2 amide bonds. The van der Waals surface area contributed by atoms with Gasteiger partial charge in [0.2, 0.25) is 0 Å². The summed E-state index contributed by atoms with van der Waals surface area (Å²) in [5.74, 6) is 0.847. The minimum atomic E-state index is -0.243.